The van der Waals surface area contributed by atoms with Gasteiger partial charge in [-0.2, -0.15) is 0 Å². The fraction of sp³-hybridized carbons (Fsp3) is 0.525. The van der Waals surface area contributed by atoms with Gasteiger partial charge in [-0.25, -0.2) is 19.2 Å². The van der Waals surface area contributed by atoms with Gasteiger partial charge in [0.05, 0.1) is 38.2 Å². The van der Waals surface area contributed by atoms with Gasteiger partial charge in [0.25, 0.3) is 0 Å². The molecule has 0 aromatic heterocycles. The third kappa shape index (κ3) is 13.0. The van der Waals surface area contributed by atoms with E-state index in [9.17, 15) is 24.0 Å². The van der Waals surface area contributed by atoms with Crippen LogP contribution in [0.1, 0.15) is 80.3 Å². The Balaban J connectivity index is 0.000000291. The minimum atomic E-state index is -0.512. The zero-order valence-corrected chi connectivity index (χ0v) is 33.1. The molecule has 0 N–H and O–H groups in total. The third-order valence-electron chi connectivity index (χ3n) is 8.34. The highest BCUT2D eigenvalue weighted by Crippen LogP contribution is 2.25. The second kappa shape index (κ2) is 19.7. The van der Waals surface area contributed by atoms with Crippen LogP contribution in [0.25, 0.3) is 6.08 Å². The van der Waals surface area contributed by atoms with E-state index in [0.29, 0.717) is 75.7 Å². The molecular weight excluding hydrogens is 696 g/mol. The number of benzene rings is 2. The third-order valence-corrected chi connectivity index (χ3v) is 8.34. The molecule has 2 aromatic carbocycles. The minimum absolute atomic E-state index is 0.149. The van der Waals surface area contributed by atoms with Gasteiger partial charge in [0.1, 0.15) is 17.5 Å². The van der Waals surface area contributed by atoms with Crippen molar-refractivity contribution in [2.75, 3.05) is 83.0 Å². The average molecular weight is 753 g/mol. The molecule has 2 aliphatic heterocycles. The van der Waals surface area contributed by atoms with Crippen LogP contribution in [-0.4, -0.2) is 125 Å². The summed E-state index contributed by atoms with van der Waals surface area (Å²) in [6.07, 6.45) is 3.66. The van der Waals surface area contributed by atoms with Gasteiger partial charge in [-0.15, -0.1) is 0 Å². The van der Waals surface area contributed by atoms with Crippen molar-refractivity contribution in [2.45, 2.75) is 66.1 Å². The van der Waals surface area contributed by atoms with E-state index in [-0.39, 0.29) is 18.6 Å². The summed E-state index contributed by atoms with van der Waals surface area (Å²) in [5.41, 5.74) is 3.13. The molecule has 2 heterocycles. The lowest BCUT2D eigenvalue weighted by Gasteiger charge is -2.37. The molecular formula is C40H56N4O10. The highest BCUT2D eigenvalue weighted by molar-refractivity contribution is 5.94. The first kappa shape index (κ1) is 43.1. The number of nitrogens with zero attached hydrogens (tertiary/aromatic N) is 4. The van der Waals surface area contributed by atoms with Gasteiger partial charge in [0, 0.05) is 70.2 Å². The summed E-state index contributed by atoms with van der Waals surface area (Å²) in [4.78, 5) is 66.9. The first-order valence-corrected chi connectivity index (χ1v) is 18.1. The van der Waals surface area contributed by atoms with Gasteiger partial charge in [0.2, 0.25) is 0 Å². The first-order valence-electron chi connectivity index (χ1n) is 18.1. The predicted molar refractivity (Wildman–Crippen MR) is 206 cm³/mol. The van der Waals surface area contributed by atoms with Crippen LogP contribution in [0.2, 0.25) is 0 Å². The number of carbonyl (C=O) groups excluding carboxylic acids is 5. The summed E-state index contributed by atoms with van der Waals surface area (Å²) in [7, 11) is 2.68. The number of hydrogen-bond acceptors (Lipinski definition) is 12. The lowest BCUT2D eigenvalue weighted by Crippen LogP contribution is -2.50. The fourth-order valence-electron chi connectivity index (χ4n) is 5.69. The molecule has 0 saturated carbocycles. The number of methoxy groups -OCH3 is 2. The van der Waals surface area contributed by atoms with Crippen LogP contribution in [0.15, 0.2) is 42.7 Å². The molecule has 2 aliphatic rings. The van der Waals surface area contributed by atoms with E-state index >= 15 is 0 Å². The van der Waals surface area contributed by atoms with E-state index in [1.807, 2.05) is 72.7 Å². The summed E-state index contributed by atoms with van der Waals surface area (Å²) in [5.74, 6) is -0.847. The summed E-state index contributed by atoms with van der Waals surface area (Å²) in [6.45, 7) is 18.5. The molecule has 0 spiro atoms. The molecule has 0 atom stereocenters. The number of rotatable bonds is 9. The maximum atomic E-state index is 12.2. The Morgan fingerprint density at radius 3 is 1.54 bits per heavy atom. The largest absolute Gasteiger partial charge is 0.501 e. The zero-order valence-electron chi connectivity index (χ0n) is 33.1. The second-order valence-electron chi connectivity index (χ2n) is 14.6. The standard InChI is InChI=1S/C21H30N2O5.C19H26N2O5/c1-6-27-14-9-16-15-17(7-8-18(16)19(24)26-5)22-10-12-23(13-11-22)20(25)28-21(2,3)4;1-19(2,3)26-18(24)21-10-8-20(9-11-21)15-5-6-16(17(23)25-4)14(13-15)7-12-22/h7-9,14-15H,6,10-13H2,1-5H3;5-6,12-13H,7-11H2,1-4H3/b14-9+;. The fourth-order valence-corrected chi connectivity index (χ4v) is 5.69. The van der Waals surface area contributed by atoms with Crippen molar-refractivity contribution >= 4 is 47.9 Å². The van der Waals surface area contributed by atoms with Crippen molar-refractivity contribution in [2.24, 2.45) is 0 Å². The Kier molecular flexibility index (Phi) is 15.7. The SMILES string of the molecule is CCO/C=C/c1cc(N2CCN(C(=O)OC(C)(C)C)CC2)ccc1C(=O)OC.COC(=O)c1ccc(N2CCN(C(=O)OC(C)(C)C)CC2)cc1CC=O. The van der Waals surface area contributed by atoms with Gasteiger partial charge in [-0.1, -0.05) is 0 Å². The Morgan fingerprint density at radius 2 is 1.11 bits per heavy atom. The molecule has 2 saturated heterocycles. The minimum Gasteiger partial charge on any atom is -0.501 e. The number of amides is 2. The van der Waals surface area contributed by atoms with Crippen molar-refractivity contribution < 1.29 is 47.7 Å². The molecule has 296 valence electrons. The van der Waals surface area contributed by atoms with Gasteiger partial charge in [-0.3, -0.25) is 0 Å². The summed E-state index contributed by atoms with van der Waals surface area (Å²) in [6, 6.07) is 10.9. The van der Waals surface area contributed by atoms with Crippen molar-refractivity contribution in [1.29, 1.82) is 0 Å². The molecule has 0 bridgehead atoms. The molecule has 4 rings (SSSR count). The number of carbonyl (C=O) groups is 5. The second-order valence-corrected chi connectivity index (χ2v) is 14.6. The highest BCUT2D eigenvalue weighted by Gasteiger charge is 2.28. The van der Waals surface area contributed by atoms with Gasteiger partial charge in [0.15, 0.2) is 0 Å². The summed E-state index contributed by atoms with van der Waals surface area (Å²) < 4.78 is 25.7. The van der Waals surface area contributed by atoms with Gasteiger partial charge >= 0.3 is 24.1 Å². The molecule has 14 nitrogen and oxygen atoms in total. The van der Waals surface area contributed by atoms with E-state index in [0.717, 1.165) is 23.2 Å². The summed E-state index contributed by atoms with van der Waals surface area (Å²) >= 11 is 0. The lowest BCUT2D eigenvalue weighted by molar-refractivity contribution is -0.107. The summed E-state index contributed by atoms with van der Waals surface area (Å²) in [5, 5.41) is 0. The van der Waals surface area contributed by atoms with Crippen LogP contribution in [0.3, 0.4) is 0 Å². The normalized spacial score (nSPS) is 14.8. The van der Waals surface area contributed by atoms with E-state index in [2.05, 4.69) is 9.80 Å². The molecule has 0 aliphatic carbocycles. The van der Waals surface area contributed by atoms with Crippen molar-refractivity contribution in [1.82, 2.24) is 9.80 Å². The highest BCUT2D eigenvalue weighted by atomic mass is 16.6. The van der Waals surface area contributed by atoms with Crippen LogP contribution in [0, 0.1) is 0 Å². The Hall–Kier alpha value is -5.27. The lowest BCUT2D eigenvalue weighted by atomic mass is 10.0. The van der Waals surface area contributed by atoms with Crippen molar-refractivity contribution in [3.63, 3.8) is 0 Å². The van der Waals surface area contributed by atoms with E-state index < -0.39 is 23.1 Å². The first-order chi connectivity index (χ1) is 25.5. The number of anilines is 2. The molecule has 54 heavy (non-hydrogen) atoms. The molecule has 0 radical (unpaired) electrons. The Labute approximate surface area is 318 Å². The average Bonchev–Trinajstić information content (AvgIpc) is 3.13. The Bertz CT molecular complexity index is 1630. The quantitative estimate of drug-likeness (QED) is 0.132. The smallest absolute Gasteiger partial charge is 0.410 e. The number of ether oxygens (including phenoxy) is 5. The van der Waals surface area contributed by atoms with Crippen molar-refractivity contribution in [3.8, 4) is 0 Å². The maximum absolute atomic E-state index is 12.2. The molecule has 2 fully saturated rings. The number of aldehydes is 1. The predicted octanol–water partition coefficient (Wildman–Crippen LogP) is 5.81. The van der Waals surface area contributed by atoms with E-state index in [4.69, 9.17) is 23.7 Å². The maximum Gasteiger partial charge on any atom is 0.410 e. The van der Waals surface area contributed by atoms with Crippen LogP contribution in [0.5, 0.6) is 0 Å². The van der Waals surface area contributed by atoms with Gasteiger partial charge in [-0.05, 0) is 102 Å². The molecule has 2 aromatic rings. The molecule has 0 unspecified atom stereocenters. The van der Waals surface area contributed by atoms with Gasteiger partial charge < -0.3 is 48.1 Å². The van der Waals surface area contributed by atoms with Crippen LogP contribution in [-0.2, 0) is 34.9 Å². The molecule has 14 heteroatoms. The monoisotopic (exact) mass is 752 g/mol. The van der Waals surface area contributed by atoms with Crippen LogP contribution in [0.4, 0.5) is 21.0 Å². The number of hydrogen-bond donors (Lipinski definition) is 0. The topological polar surface area (TPSA) is 144 Å². The molecule has 2 amide bonds. The zero-order chi connectivity index (χ0) is 40.1. The van der Waals surface area contributed by atoms with Crippen molar-refractivity contribution in [3.05, 3.63) is 64.9 Å². The number of piperazine rings is 2. The number of esters is 2. The van der Waals surface area contributed by atoms with E-state index in [1.165, 1.54) is 14.2 Å². The van der Waals surface area contributed by atoms with Crippen LogP contribution >= 0.6 is 0 Å². The Morgan fingerprint density at radius 1 is 0.667 bits per heavy atom. The van der Waals surface area contributed by atoms with E-state index in [1.54, 1.807) is 34.3 Å². The van der Waals surface area contributed by atoms with Crippen LogP contribution < -0.4 is 9.80 Å².